The van der Waals surface area contributed by atoms with Gasteiger partial charge in [0.05, 0.1) is 0 Å². The summed E-state index contributed by atoms with van der Waals surface area (Å²) in [4.78, 5) is 10.2. The van der Waals surface area contributed by atoms with E-state index in [0.717, 1.165) is 18.4 Å². The lowest BCUT2D eigenvalue weighted by Gasteiger charge is -2.07. The maximum Gasteiger partial charge on any atom is 0.404 e. The van der Waals surface area contributed by atoms with Crippen molar-refractivity contribution in [1.82, 2.24) is 0 Å². The second-order valence-corrected chi connectivity index (χ2v) is 2.63. The van der Waals surface area contributed by atoms with Gasteiger partial charge in [-0.2, -0.15) is 0 Å². The number of rotatable bonds is 2. The van der Waals surface area contributed by atoms with E-state index in [1.54, 1.807) is 0 Å². The van der Waals surface area contributed by atoms with Crippen molar-refractivity contribution in [2.24, 2.45) is 0 Å². The van der Waals surface area contributed by atoms with Crippen LogP contribution in [0.1, 0.15) is 12.8 Å². The van der Waals surface area contributed by atoms with E-state index in [2.05, 4.69) is 10.8 Å². The normalized spacial score (nSPS) is 15.9. The first-order valence-corrected chi connectivity index (χ1v) is 3.83. The summed E-state index contributed by atoms with van der Waals surface area (Å²) in [5.41, 5.74) is 0.377. The molecule has 2 nitrogen and oxygen atoms in total. The Labute approximate surface area is 70.5 Å². The van der Waals surface area contributed by atoms with E-state index < -0.39 is 5.43 Å². The van der Waals surface area contributed by atoms with Gasteiger partial charge in [-0.3, -0.25) is 0 Å². The molecule has 0 atom stereocenters. The highest BCUT2D eigenvalue weighted by Gasteiger charge is 2.01. The third-order valence-electron chi connectivity index (χ3n) is 1.47. The van der Waals surface area contributed by atoms with Gasteiger partial charge in [-0.15, -0.1) is 0 Å². The molecule has 60 valence electrons. The van der Waals surface area contributed by atoms with Crippen LogP contribution in [-0.4, -0.2) is 12.0 Å². The lowest BCUT2D eigenvalue weighted by molar-refractivity contribution is 0.182. The largest absolute Gasteiger partial charge is 0.449 e. The Kier molecular flexibility index (Phi) is 3.17. The first kappa shape index (κ1) is 8.34. The van der Waals surface area contributed by atoms with Crippen molar-refractivity contribution in [3.63, 3.8) is 0 Å². The molecule has 0 fully saturated rings. The third kappa shape index (κ3) is 3.23. The zero-order chi connectivity index (χ0) is 8.10. The van der Waals surface area contributed by atoms with Gasteiger partial charge in [-0.1, -0.05) is 18.2 Å². The van der Waals surface area contributed by atoms with Crippen molar-refractivity contribution < 1.29 is 9.53 Å². The highest BCUT2D eigenvalue weighted by atomic mass is 35.5. The van der Waals surface area contributed by atoms with Crippen LogP contribution < -0.4 is 0 Å². The van der Waals surface area contributed by atoms with E-state index in [1.165, 1.54) is 0 Å². The maximum atomic E-state index is 10.2. The number of allylic oxidation sites excluding steroid dienone is 3. The summed E-state index contributed by atoms with van der Waals surface area (Å²) < 4.78 is 4.61. The predicted octanol–water partition coefficient (Wildman–Crippen LogP) is 2.64. The number of hydrogen-bond acceptors (Lipinski definition) is 2. The van der Waals surface area contributed by atoms with Gasteiger partial charge in [0.15, 0.2) is 0 Å². The first-order valence-electron chi connectivity index (χ1n) is 3.46. The minimum Gasteiger partial charge on any atom is -0.449 e. The van der Waals surface area contributed by atoms with E-state index in [4.69, 9.17) is 11.6 Å². The second kappa shape index (κ2) is 4.19. The SMILES string of the molecule is O=C(Cl)OCC1=CC=CCC1. The Morgan fingerprint density at radius 1 is 1.73 bits per heavy atom. The summed E-state index contributed by atoms with van der Waals surface area (Å²) in [6.07, 6.45) is 7.96. The molecule has 0 N–H and O–H groups in total. The monoisotopic (exact) mass is 172 g/mol. The number of halogens is 1. The van der Waals surface area contributed by atoms with E-state index in [0.29, 0.717) is 6.61 Å². The van der Waals surface area contributed by atoms with Crippen molar-refractivity contribution in [3.05, 3.63) is 23.8 Å². The molecule has 11 heavy (non-hydrogen) atoms. The molecule has 0 aromatic carbocycles. The number of ether oxygens (including phenoxy) is 1. The predicted molar refractivity (Wildman–Crippen MR) is 43.7 cm³/mol. The van der Waals surface area contributed by atoms with E-state index in [9.17, 15) is 4.79 Å². The molecule has 0 aliphatic heterocycles. The smallest absolute Gasteiger partial charge is 0.404 e. The van der Waals surface area contributed by atoms with Crippen LogP contribution in [0, 0.1) is 0 Å². The molecule has 0 aromatic rings. The topological polar surface area (TPSA) is 26.3 Å². The van der Waals surface area contributed by atoms with E-state index in [1.807, 2.05) is 12.2 Å². The van der Waals surface area contributed by atoms with Crippen LogP contribution in [-0.2, 0) is 4.74 Å². The first-order chi connectivity index (χ1) is 5.29. The van der Waals surface area contributed by atoms with Crippen LogP contribution in [0.5, 0.6) is 0 Å². The minimum atomic E-state index is -0.736. The highest BCUT2D eigenvalue weighted by Crippen LogP contribution is 2.11. The zero-order valence-electron chi connectivity index (χ0n) is 6.05. The molecule has 0 heterocycles. The van der Waals surface area contributed by atoms with Gasteiger partial charge >= 0.3 is 5.43 Å². The van der Waals surface area contributed by atoms with E-state index in [-0.39, 0.29) is 0 Å². The van der Waals surface area contributed by atoms with Crippen molar-refractivity contribution in [2.75, 3.05) is 6.61 Å². The van der Waals surface area contributed by atoms with Crippen molar-refractivity contribution in [1.29, 1.82) is 0 Å². The average molecular weight is 173 g/mol. The van der Waals surface area contributed by atoms with Crippen LogP contribution in [0.3, 0.4) is 0 Å². The van der Waals surface area contributed by atoms with E-state index >= 15 is 0 Å². The third-order valence-corrected chi connectivity index (χ3v) is 1.58. The Balaban J connectivity index is 2.31. The highest BCUT2D eigenvalue weighted by molar-refractivity contribution is 6.61. The van der Waals surface area contributed by atoms with Gasteiger partial charge in [-0.05, 0) is 18.4 Å². The summed E-state index contributed by atoms with van der Waals surface area (Å²) in [5, 5.41) is 0. The molecule has 1 aliphatic carbocycles. The average Bonchev–Trinajstić information content (AvgIpc) is 2.03. The maximum absolute atomic E-state index is 10.2. The van der Waals surface area contributed by atoms with Gasteiger partial charge in [0, 0.05) is 11.6 Å². The summed E-state index contributed by atoms with van der Waals surface area (Å²) in [6, 6.07) is 0. The minimum absolute atomic E-state index is 0.326. The van der Waals surface area contributed by atoms with Crippen molar-refractivity contribution in [3.8, 4) is 0 Å². The molecule has 0 bridgehead atoms. The van der Waals surface area contributed by atoms with Gasteiger partial charge in [0.25, 0.3) is 0 Å². The Morgan fingerprint density at radius 2 is 2.55 bits per heavy atom. The lowest BCUT2D eigenvalue weighted by atomic mass is 10.1. The molecule has 1 aliphatic rings. The van der Waals surface area contributed by atoms with Crippen LogP contribution in [0.2, 0.25) is 0 Å². The number of carbonyl (C=O) groups is 1. The summed E-state index contributed by atoms with van der Waals surface area (Å²) in [7, 11) is 0. The molecule has 0 spiro atoms. The van der Waals surface area contributed by atoms with Crippen LogP contribution >= 0.6 is 11.6 Å². The van der Waals surface area contributed by atoms with Crippen LogP contribution in [0.4, 0.5) is 4.79 Å². The molecule has 1 rings (SSSR count). The van der Waals surface area contributed by atoms with Crippen LogP contribution in [0.15, 0.2) is 23.8 Å². The fraction of sp³-hybridized carbons (Fsp3) is 0.375. The molecular weight excluding hydrogens is 164 g/mol. The lowest BCUT2D eigenvalue weighted by Crippen LogP contribution is -2.01. The Bertz CT molecular complexity index is 206. The Morgan fingerprint density at radius 3 is 3.09 bits per heavy atom. The number of hydrogen-bond donors (Lipinski definition) is 0. The molecule has 0 unspecified atom stereocenters. The fourth-order valence-electron chi connectivity index (χ4n) is 0.922. The van der Waals surface area contributed by atoms with Crippen LogP contribution in [0.25, 0.3) is 0 Å². The molecular formula is C8H9ClO2. The number of carbonyl (C=O) groups excluding carboxylic acids is 1. The van der Waals surface area contributed by atoms with Gasteiger partial charge in [0.1, 0.15) is 6.61 Å². The standard InChI is InChI=1S/C8H9ClO2/c9-8(10)11-6-7-4-2-1-3-5-7/h1-2,4H,3,5-6H2. The summed E-state index contributed by atoms with van der Waals surface area (Å²) in [5.74, 6) is 0. The summed E-state index contributed by atoms with van der Waals surface area (Å²) >= 11 is 4.99. The zero-order valence-corrected chi connectivity index (χ0v) is 6.80. The molecule has 3 heteroatoms. The second-order valence-electron chi connectivity index (χ2n) is 2.32. The molecule has 0 radical (unpaired) electrons. The molecule has 0 amide bonds. The van der Waals surface area contributed by atoms with Crippen molar-refractivity contribution >= 4 is 17.0 Å². The van der Waals surface area contributed by atoms with Gasteiger partial charge in [-0.25, -0.2) is 4.79 Å². The quantitative estimate of drug-likeness (QED) is 0.599. The summed E-state index contributed by atoms with van der Waals surface area (Å²) in [6.45, 7) is 0.326. The van der Waals surface area contributed by atoms with Crippen molar-refractivity contribution in [2.45, 2.75) is 12.8 Å². The van der Waals surface area contributed by atoms with Gasteiger partial charge < -0.3 is 4.74 Å². The molecule has 0 saturated carbocycles. The molecule has 0 aromatic heterocycles. The Hall–Kier alpha value is -0.760. The fourth-order valence-corrected chi connectivity index (χ4v) is 0.977. The van der Waals surface area contributed by atoms with Gasteiger partial charge in [0.2, 0.25) is 0 Å². The molecule has 0 saturated heterocycles.